The largest absolute Gasteiger partial charge is 0.378 e. The number of nitrogens with one attached hydrogen (secondary N) is 2. The highest BCUT2D eigenvalue weighted by molar-refractivity contribution is 5.78. The third-order valence-corrected chi connectivity index (χ3v) is 4.10. The van der Waals surface area contributed by atoms with E-state index in [0.29, 0.717) is 46.2 Å². The fourth-order valence-electron chi connectivity index (χ4n) is 2.32. The third kappa shape index (κ3) is 18.6. The van der Waals surface area contributed by atoms with Crippen LogP contribution >= 0.6 is 0 Å². The molecule has 0 aromatic heterocycles. The van der Waals surface area contributed by atoms with Gasteiger partial charge in [0, 0.05) is 12.5 Å². The number of amides is 1. The Morgan fingerprint density at radius 2 is 1.50 bits per heavy atom. The summed E-state index contributed by atoms with van der Waals surface area (Å²) in [5, 5.41) is 5.65. The summed E-state index contributed by atoms with van der Waals surface area (Å²) in [6, 6.07) is 0. The molecule has 0 aromatic rings. The molecule has 0 heterocycles. The molecule has 2 unspecified atom stereocenters. The van der Waals surface area contributed by atoms with E-state index in [4.69, 9.17) is 18.9 Å². The lowest BCUT2D eigenvalue weighted by molar-refractivity contribution is -0.125. The van der Waals surface area contributed by atoms with E-state index in [1.807, 2.05) is 14.0 Å². The maximum Gasteiger partial charge on any atom is 0.222 e. The van der Waals surface area contributed by atoms with Crippen LogP contribution < -0.4 is 10.6 Å². The van der Waals surface area contributed by atoms with Crippen LogP contribution in [0.15, 0.2) is 0 Å². The molecular formula is C20H41FN2O5. The van der Waals surface area contributed by atoms with Gasteiger partial charge in [-0.05, 0) is 13.5 Å². The molecule has 0 aliphatic rings. The smallest absolute Gasteiger partial charge is 0.222 e. The zero-order valence-corrected chi connectivity index (χ0v) is 18.0. The van der Waals surface area contributed by atoms with Gasteiger partial charge in [-0.1, -0.05) is 33.1 Å². The highest BCUT2D eigenvalue weighted by Crippen LogP contribution is 2.09. The first-order chi connectivity index (χ1) is 13.6. The number of ether oxygens (including phenoxy) is 4. The van der Waals surface area contributed by atoms with E-state index in [1.165, 1.54) is 0 Å². The molecule has 0 aliphatic heterocycles. The second-order valence-corrected chi connectivity index (χ2v) is 6.75. The quantitative estimate of drug-likeness (QED) is 0.283. The average Bonchev–Trinajstić information content (AvgIpc) is 2.69. The number of rotatable bonds is 21. The molecule has 0 fully saturated rings. The molecule has 1 amide bonds. The van der Waals surface area contributed by atoms with E-state index in [9.17, 15) is 9.18 Å². The standard InChI is InChI=1S/C20H41FN2O5/c1-4-5-6-7-18(2)20(24)23-16-19(21)17-28-15-14-27-13-12-26-11-10-25-9-8-22-3/h18-19,22H,4-17H2,1-3H3,(H,23,24). The Kier molecular flexibility index (Phi) is 20.3. The fourth-order valence-corrected chi connectivity index (χ4v) is 2.32. The molecule has 8 heteroatoms. The van der Waals surface area contributed by atoms with Crippen molar-refractivity contribution >= 4 is 5.91 Å². The minimum absolute atomic E-state index is 0.0119. The molecule has 0 bridgehead atoms. The van der Waals surface area contributed by atoms with Gasteiger partial charge in [-0.2, -0.15) is 0 Å². The molecule has 0 rings (SSSR count). The number of alkyl halides is 1. The minimum atomic E-state index is -1.21. The van der Waals surface area contributed by atoms with Gasteiger partial charge < -0.3 is 29.6 Å². The Labute approximate surface area is 170 Å². The van der Waals surface area contributed by atoms with Crippen LogP contribution in [0.5, 0.6) is 0 Å². The molecule has 0 saturated carbocycles. The summed E-state index contributed by atoms with van der Waals surface area (Å²) in [7, 11) is 1.88. The maximum absolute atomic E-state index is 13.7. The van der Waals surface area contributed by atoms with Crippen LogP contribution in [0.25, 0.3) is 0 Å². The summed E-state index contributed by atoms with van der Waals surface area (Å²) >= 11 is 0. The Morgan fingerprint density at radius 1 is 0.929 bits per heavy atom. The third-order valence-electron chi connectivity index (χ3n) is 4.10. The summed E-state index contributed by atoms with van der Waals surface area (Å²) in [4.78, 5) is 11.9. The number of hydrogen-bond donors (Lipinski definition) is 2. The van der Waals surface area contributed by atoms with Gasteiger partial charge in [-0.25, -0.2) is 4.39 Å². The fraction of sp³-hybridized carbons (Fsp3) is 0.950. The summed E-state index contributed by atoms with van der Waals surface area (Å²) in [5.74, 6) is -0.162. The molecule has 0 aromatic carbocycles. The van der Waals surface area contributed by atoms with Gasteiger partial charge in [0.15, 0.2) is 0 Å². The molecule has 7 nitrogen and oxygen atoms in total. The maximum atomic E-state index is 13.7. The van der Waals surface area contributed by atoms with Crippen LogP contribution in [0, 0.1) is 5.92 Å². The number of carbonyl (C=O) groups excluding carboxylic acids is 1. The zero-order chi connectivity index (χ0) is 20.9. The van der Waals surface area contributed by atoms with Gasteiger partial charge in [-0.3, -0.25) is 4.79 Å². The average molecular weight is 409 g/mol. The van der Waals surface area contributed by atoms with E-state index in [0.717, 1.165) is 32.2 Å². The Morgan fingerprint density at radius 3 is 2.07 bits per heavy atom. The van der Waals surface area contributed by atoms with Crippen molar-refractivity contribution in [2.45, 2.75) is 45.7 Å². The summed E-state index contributed by atoms with van der Waals surface area (Å²) in [6.45, 7) is 8.20. The number of halogens is 1. The number of likely N-dealkylation sites (N-methyl/N-ethyl adjacent to an activating group) is 1. The van der Waals surface area contributed by atoms with E-state index in [2.05, 4.69) is 17.6 Å². The van der Waals surface area contributed by atoms with E-state index in [1.54, 1.807) is 0 Å². The number of carbonyl (C=O) groups is 1. The predicted octanol–water partition coefficient (Wildman–Crippen LogP) is 1.94. The first kappa shape index (κ1) is 27.2. The first-order valence-electron chi connectivity index (χ1n) is 10.5. The minimum Gasteiger partial charge on any atom is -0.378 e. The summed E-state index contributed by atoms with van der Waals surface area (Å²) in [5.41, 5.74) is 0. The zero-order valence-electron chi connectivity index (χ0n) is 18.0. The highest BCUT2D eigenvalue weighted by Gasteiger charge is 2.14. The molecule has 0 saturated heterocycles. The van der Waals surface area contributed by atoms with Crippen molar-refractivity contribution in [3.63, 3.8) is 0 Å². The molecular weight excluding hydrogens is 367 g/mol. The first-order valence-corrected chi connectivity index (χ1v) is 10.5. The van der Waals surface area contributed by atoms with Crippen LogP contribution in [-0.2, 0) is 23.7 Å². The molecule has 0 aliphatic carbocycles. The molecule has 168 valence electrons. The second-order valence-electron chi connectivity index (χ2n) is 6.75. The lowest BCUT2D eigenvalue weighted by atomic mass is 10.0. The molecule has 0 radical (unpaired) electrons. The summed E-state index contributed by atoms with van der Waals surface area (Å²) < 4.78 is 35.0. The van der Waals surface area contributed by atoms with Gasteiger partial charge in [0.05, 0.1) is 59.4 Å². The van der Waals surface area contributed by atoms with Crippen LogP contribution in [0.1, 0.15) is 39.5 Å². The lowest BCUT2D eigenvalue weighted by Gasteiger charge is -2.14. The van der Waals surface area contributed by atoms with Crippen molar-refractivity contribution in [3.8, 4) is 0 Å². The molecule has 0 spiro atoms. The molecule has 2 N–H and O–H groups in total. The van der Waals surface area contributed by atoms with Gasteiger partial charge >= 0.3 is 0 Å². The Bertz CT molecular complexity index is 351. The van der Waals surface area contributed by atoms with Crippen molar-refractivity contribution in [2.24, 2.45) is 5.92 Å². The Balaban J connectivity index is 3.36. The number of hydrogen-bond acceptors (Lipinski definition) is 6. The van der Waals surface area contributed by atoms with Crippen molar-refractivity contribution in [1.29, 1.82) is 0 Å². The van der Waals surface area contributed by atoms with Crippen molar-refractivity contribution in [2.75, 3.05) is 73.0 Å². The van der Waals surface area contributed by atoms with Crippen molar-refractivity contribution in [3.05, 3.63) is 0 Å². The van der Waals surface area contributed by atoms with Crippen LogP contribution in [0.2, 0.25) is 0 Å². The lowest BCUT2D eigenvalue weighted by Crippen LogP contribution is -2.35. The topological polar surface area (TPSA) is 78.1 Å². The second kappa shape index (κ2) is 20.9. The SMILES string of the molecule is CCCCCC(C)C(=O)NCC(F)COCCOCCOCCOCCNC. The Hall–Kier alpha value is -0.800. The number of unbranched alkanes of at least 4 members (excludes halogenated alkanes) is 2. The normalized spacial score (nSPS) is 13.4. The van der Waals surface area contributed by atoms with Gasteiger partial charge in [-0.15, -0.1) is 0 Å². The molecule has 28 heavy (non-hydrogen) atoms. The van der Waals surface area contributed by atoms with E-state index in [-0.39, 0.29) is 25.0 Å². The summed E-state index contributed by atoms with van der Waals surface area (Å²) in [6.07, 6.45) is 2.91. The van der Waals surface area contributed by atoms with Gasteiger partial charge in [0.1, 0.15) is 6.17 Å². The van der Waals surface area contributed by atoms with E-state index >= 15 is 0 Å². The highest BCUT2D eigenvalue weighted by atomic mass is 19.1. The van der Waals surface area contributed by atoms with Crippen molar-refractivity contribution in [1.82, 2.24) is 10.6 Å². The van der Waals surface area contributed by atoms with Gasteiger partial charge in [0.2, 0.25) is 5.91 Å². The van der Waals surface area contributed by atoms with Gasteiger partial charge in [0.25, 0.3) is 0 Å². The van der Waals surface area contributed by atoms with E-state index < -0.39 is 6.17 Å². The van der Waals surface area contributed by atoms with Crippen LogP contribution in [0.4, 0.5) is 4.39 Å². The molecule has 2 atom stereocenters. The van der Waals surface area contributed by atoms with Crippen molar-refractivity contribution < 1.29 is 28.1 Å². The monoisotopic (exact) mass is 408 g/mol. The predicted molar refractivity (Wildman–Crippen MR) is 108 cm³/mol. The van der Waals surface area contributed by atoms with Crippen LogP contribution in [0.3, 0.4) is 0 Å². The van der Waals surface area contributed by atoms with Crippen LogP contribution in [-0.4, -0.2) is 85.1 Å².